The average Bonchev–Trinajstić information content (AvgIpc) is 3.07. The number of esters is 1. The summed E-state index contributed by atoms with van der Waals surface area (Å²) < 4.78 is 11.7. The molecule has 0 aliphatic carbocycles. The number of aromatic nitrogens is 2. The van der Waals surface area contributed by atoms with E-state index in [1.54, 1.807) is 36.4 Å². The van der Waals surface area contributed by atoms with Crippen LogP contribution in [0.15, 0.2) is 52.4 Å². The van der Waals surface area contributed by atoms with E-state index in [1.165, 1.54) is 23.4 Å². The van der Waals surface area contributed by atoms with Crippen LogP contribution in [0.4, 0.5) is 0 Å². The molecule has 27 heavy (non-hydrogen) atoms. The van der Waals surface area contributed by atoms with Gasteiger partial charge in [0.25, 0.3) is 5.56 Å². The van der Waals surface area contributed by atoms with E-state index in [9.17, 15) is 9.59 Å². The molecule has 1 fully saturated rings. The predicted octanol–water partition coefficient (Wildman–Crippen LogP) is 3.46. The number of carbonyl (C=O) groups excluding carboxylic acids is 1. The Morgan fingerprint density at radius 1 is 1.26 bits per heavy atom. The number of halogens is 1. The van der Waals surface area contributed by atoms with Crippen LogP contribution in [-0.4, -0.2) is 34.5 Å². The fraction of sp³-hybridized carbons (Fsp3) is 0.211. The number of ether oxygens (including phenoxy) is 2. The van der Waals surface area contributed by atoms with Gasteiger partial charge < -0.3 is 9.47 Å². The molecule has 0 saturated carbocycles. The summed E-state index contributed by atoms with van der Waals surface area (Å²) in [5.41, 5.74) is 0.904. The van der Waals surface area contributed by atoms with Gasteiger partial charge in [-0.1, -0.05) is 35.5 Å². The van der Waals surface area contributed by atoms with Crippen molar-refractivity contribution in [1.82, 2.24) is 9.55 Å². The molecule has 0 N–H and O–H groups in total. The molecule has 1 aliphatic rings. The summed E-state index contributed by atoms with van der Waals surface area (Å²) in [6.07, 6.45) is 0.579. The summed E-state index contributed by atoms with van der Waals surface area (Å²) in [6, 6.07) is 12.2. The monoisotopic (exact) mass is 402 g/mol. The third kappa shape index (κ3) is 3.28. The Balaban J connectivity index is 1.92. The normalized spacial score (nSPS) is 16.5. The summed E-state index contributed by atoms with van der Waals surface area (Å²) in [5.74, 6) is 0.220. The van der Waals surface area contributed by atoms with E-state index in [1.807, 2.05) is 6.07 Å². The number of carbonyl (C=O) groups is 1. The van der Waals surface area contributed by atoms with Gasteiger partial charge in [0.1, 0.15) is 11.0 Å². The fourth-order valence-electron chi connectivity index (χ4n) is 2.93. The van der Waals surface area contributed by atoms with E-state index < -0.39 is 5.25 Å². The number of nitrogens with zero attached hydrogens (tertiary/aromatic N) is 2. The molecule has 1 saturated heterocycles. The van der Waals surface area contributed by atoms with Crippen LogP contribution in [0.25, 0.3) is 16.6 Å². The van der Waals surface area contributed by atoms with Crippen molar-refractivity contribution >= 4 is 40.2 Å². The van der Waals surface area contributed by atoms with Gasteiger partial charge >= 0.3 is 5.97 Å². The summed E-state index contributed by atoms with van der Waals surface area (Å²) in [6.45, 7) is 0.378. The Hall–Kier alpha value is -2.51. The molecule has 2 aromatic carbocycles. The van der Waals surface area contributed by atoms with Gasteiger partial charge in [-0.2, -0.15) is 0 Å². The van der Waals surface area contributed by atoms with Gasteiger partial charge in [0.15, 0.2) is 5.16 Å². The summed E-state index contributed by atoms with van der Waals surface area (Å²) >= 11 is 7.48. The zero-order valence-electron chi connectivity index (χ0n) is 14.3. The zero-order chi connectivity index (χ0) is 19.0. The maximum Gasteiger partial charge on any atom is 0.319 e. The van der Waals surface area contributed by atoms with Crippen LogP contribution in [0.3, 0.4) is 0 Å². The lowest BCUT2D eigenvalue weighted by atomic mass is 10.2. The van der Waals surface area contributed by atoms with Crippen molar-refractivity contribution in [3.63, 3.8) is 0 Å². The number of methoxy groups -OCH3 is 1. The molecule has 4 rings (SSSR count). The largest absolute Gasteiger partial charge is 0.495 e. The topological polar surface area (TPSA) is 70.4 Å². The third-order valence-electron chi connectivity index (χ3n) is 4.27. The standard InChI is InChI=1S/C19H15ClN2O4S/c1-25-15-7-6-11(10-13(15)20)22-17(23)12-4-2-3-5-14(12)21-19(22)27-16-8-9-26-18(16)24/h2-7,10,16H,8-9H2,1H3/t16-/m0/s1. The first-order valence-corrected chi connectivity index (χ1v) is 9.53. The minimum atomic E-state index is -0.391. The Kier molecular flexibility index (Phi) is 4.80. The molecule has 1 aromatic heterocycles. The molecule has 3 aromatic rings. The number of para-hydroxylation sites is 1. The lowest BCUT2D eigenvalue weighted by Gasteiger charge is -2.15. The van der Waals surface area contributed by atoms with Gasteiger partial charge in [-0.15, -0.1) is 0 Å². The third-order valence-corrected chi connectivity index (χ3v) is 5.77. The highest BCUT2D eigenvalue weighted by Gasteiger charge is 2.30. The van der Waals surface area contributed by atoms with Crippen molar-refractivity contribution < 1.29 is 14.3 Å². The maximum atomic E-state index is 13.2. The number of cyclic esters (lactones) is 1. The highest BCUT2D eigenvalue weighted by Crippen LogP contribution is 2.32. The van der Waals surface area contributed by atoms with Crippen molar-refractivity contribution in [3.8, 4) is 11.4 Å². The second-order valence-electron chi connectivity index (χ2n) is 5.93. The summed E-state index contributed by atoms with van der Waals surface area (Å²) in [4.78, 5) is 29.7. The lowest BCUT2D eigenvalue weighted by Crippen LogP contribution is -2.23. The molecule has 0 bridgehead atoms. The number of fused-ring (bicyclic) bond motifs is 1. The Bertz CT molecular complexity index is 1100. The Morgan fingerprint density at radius 2 is 2.07 bits per heavy atom. The van der Waals surface area contributed by atoms with Gasteiger partial charge in [0.2, 0.25) is 0 Å². The first kappa shape index (κ1) is 17.9. The molecule has 1 atom stereocenters. The average molecular weight is 403 g/mol. The molecule has 2 heterocycles. The highest BCUT2D eigenvalue weighted by atomic mass is 35.5. The van der Waals surface area contributed by atoms with Gasteiger partial charge in [0.05, 0.1) is 35.3 Å². The number of thioether (sulfide) groups is 1. The van der Waals surface area contributed by atoms with E-state index >= 15 is 0 Å². The second-order valence-corrected chi connectivity index (χ2v) is 7.51. The van der Waals surface area contributed by atoms with Crippen LogP contribution >= 0.6 is 23.4 Å². The van der Waals surface area contributed by atoms with Crippen LogP contribution < -0.4 is 10.3 Å². The number of hydrogen-bond donors (Lipinski definition) is 0. The van der Waals surface area contributed by atoms with Crippen molar-refractivity contribution in [3.05, 3.63) is 57.8 Å². The quantitative estimate of drug-likeness (QED) is 0.491. The van der Waals surface area contributed by atoms with Crippen molar-refractivity contribution in [2.24, 2.45) is 0 Å². The number of hydrogen-bond acceptors (Lipinski definition) is 6. The van der Waals surface area contributed by atoms with Crippen molar-refractivity contribution in [2.75, 3.05) is 13.7 Å². The van der Waals surface area contributed by atoms with E-state index in [0.29, 0.717) is 45.5 Å². The minimum absolute atomic E-state index is 0.226. The molecular weight excluding hydrogens is 388 g/mol. The Morgan fingerprint density at radius 3 is 2.78 bits per heavy atom. The molecular formula is C19H15ClN2O4S. The molecule has 0 spiro atoms. The van der Waals surface area contributed by atoms with Crippen LogP contribution in [0.2, 0.25) is 5.02 Å². The molecule has 8 heteroatoms. The van der Waals surface area contributed by atoms with Crippen molar-refractivity contribution in [2.45, 2.75) is 16.8 Å². The van der Waals surface area contributed by atoms with Crippen LogP contribution in [-0.2, 0) is 9.53 Å². The van der Waals surface area contributed by atoms with Gasteiger partial charge in [-0.05, 0) is 30.3 Å². The van der Waals surface area contributed by atoms with E-state index in [0.717, 1.165) is 0 Å². The second kappa shape index (κ2) is 7.25. The first-order valence-electron chi connectivity index (χ1n) is 8.27. The maximum absolute atomic E-state index is 13.2. The van der Waals surface area contributed by atoms with E-state index in [2.05, 4.69) is 4.98 Å². The highest BCUT2D eigenvalue weighted by molar-refractivity contribution is 8.00. The molecule has 1 aliphatic heterocycles. The summed E-state index contributed by atoms with van der Waals surface area (Å²) in [7, 11) is 1.53. The Labute approximate surface area is 164 Å². The number of rotatable bonds is 4. The lowest BCUT2D eigenvalue weighted by molar-refractivity contribution is -0.137. The predicted molar refractivity (Wildman–Crippen MR) is 104 cm³/mol. The van der Waals surface area contributed by atoms with E-state index in [-0.39, 0.29) is 11.5 Å². The SMILES string of the molecule is COc1ccc(-n2c(S[C@H]3CCOC3=O)nc3ccccc3c2=O)cc1Cl. The molecule has 6 nitrogen and oxygen atoms in total. The molecule has 0 unspecified atom stereocenters. The first-order chi connectivity index (χ1) is 13.1. The zero-order valence-corrected chi connectivity index (χ0v) is 15.9. The number of benzene rings is 2. The van der Waals surface area contributed by atoms with Gasteiger partial charge in [-0.25, -0.2) is 4.98 Å². The van der Waals surface area contributed by atoms with Crippen LogP contribution in [0, 0.1) is 0 Å². The molecule has 138 valence electrons. The fourth-order valence-corrected chi connectivity index (χ4v) is 4.25. The van der Waals surface area contributed by atoms with E-state index in [4.69, 9.17) is 21.1 Å². The molecule has 0 radical (unpaired) electrons. The minimum Gasteiger partial charge on any atom is -0.495 e. The molecule has 0 amide bonds. The van der Waals surface area contributed by atoms with Crippen molar-refractivity contribution in [1.29, 1.82) is 0 Å². The summed E-state index contributed by atoms with van der Waals surface area (Å²) in [5, 5.41) is 0.899. The van der Waals surface area contributed by atoms with Gasteiger partial charge in [0, 0.05) is 6.42 Å². The smallest absolute Gasteiger partial charge is 0.319 e. The van der Waals surface area contributed by atoms with Gasteiger partial charge in [-0.3, -0.25) is 14.2 Å². The van der Waals surface area contributed by atoms with Crippen LogP contribution in [0.5, 0.6) is 5.75 Å². The van der Waals surface area contributed by atoms with Crippen LogP contribution in [0.1, 0.15) is 6.42 Å².